The number of rotatable bonds is 4. The molecular weight excluding hydrogens is 363 g/mol. The SMILES string of the molecule is O=C(C[NH+]1CCN(C(=O)c2ccco2)CC1)Nc1ccccc1C(F)(F)F. The molecule has 0 unspecified atom stereocenters. The quantitative estimate of drug-likeness (QED) is 0.837. The van der Waals surface area contributed by atoms with Crippen molar-refractivity contribution in [3.63, 3.8) is 0 Å². The van der Waals surface area contributed by atoms with Crippen LogP contribution in [-0.4, -0.2) is 49.4 Å². The van der Waals surface area contributed by atoms with E-state index in [1.54, 1.807) is 17.0 Å². The summed E-state index contributed by atoms with van der Waals surface area (Å²) in [6.07, 6.45) is -3.10. The summed E-state index contributed by atoms with van der Waals surface area (Å²) in [6.45, 7) is 1.99. The molecule has 6 nitrogen and oxygen atoms in total. The number of carbonyl (C=O) groups is 2. The fraction of sp³-hybridized carbons (Fsp3) is 0.333. The van der Waals surface area contributed by atoms with Crippen molar-refractivity contribution in [1.29, 1.82) is 0 Å². The van der Waals surface area contributed by atoms with Gasteiger partial charge in [-0.3, -0.25) is 9.59 Å². The van der Waals surface area contributed by atoms with E-state index in [0.29, 0.717) is 26.2 Å². The summed E-state index contributed by atoms with van der Waals surface area (Å²) < 4.78 is 44.1. The lowest BCUT2D eigenvalue weighted by atomic mass is 10.1. The minimum atomic E-state index is -4.53. The number of halogens is 3. The third-order valence-corrected chi connectivity index (χ3v) is 4.41. The van der Waals surface area contributed by atoms with Gasteiger partial charge in [0.05, 0.1) is 43.7 Å². The molecule has 2 aromatic rings. The predicted octanol–water partition coefficient (Wildman–Crippen LogP) is 1.28. The van der Waals surface area contributed by atoms with Gasteiger partial charge in [0.25, 0.3) is 11.8 Å². The average molecular weight is 382 g/mol. The van der Waals surface area contributed by atoms with E-state index in [1.807, 2.05) is 0 Å². The molecule has 1 aromatic heterocycles. The standard InChI is InChI=1S/C18H18F3N3O3/c19-18(20,21)13-4-1-2-5-14(13)22-16(25)12-23-7-9-24(10-8-23)17(26)15-6-3-11-27-15/h1-6,11H,7-10,12H2,(H,22,25)/p+1. The summed E-state index contributed by atoms with van der Waals surface area (Å²) in [4.78, 5) is 26.9. The number of alkyl halides is 3. The van der Waals surface area contributed by atoms with E-state index >= 15 is 0 Å². The van der Waals surface area contributed by atoms with Crippen LogP contribution in [0.3, 0.4) is 0 Å². The lowest BCUT2D eigenvalue weighted by molar-refractivity contribution is -0.895. The number of piperazine rings is 1. The largest absolute Gasteiger partial charge is 0.459 e. The molecule has 1 aliphatic rings. The summed E-state index contributed by atoms with van der Waals surface area (Å²) in [5.74, 6) is -0.435. The number of carbonyl (C=O) groups excluding carboxylic acids is 2. The van der Waals surface area contributed by atoms with Crippen LogP contribution in [0.1, 0.15) is 16.1 Å². The van der Waals surface area contributed by atoms with E-state index in [2.05, 4.69) is 5.32 Å². The molecule has 0 spiro atoms. The number of hydrogen-bond acceptors (Lipinski definition) is 3. The van der Waals surface area contributed by atoms with Crippen LogP contribution in [0, 0.1) is 0 Å². The lowest BCUT2D eigenvalue weighted by Crippen LogP contribution is -3.15. The predicted molar refractivity (Wildman–Crippen MR) is 90.2 cm³/mol. The number of quaternary nitrogens is 1. The van der Waals surface area contributed by atoms with Gasteiger partial charge in [0.15, 0.2) is 12.3 Å². The van der Waals surface area contributed by atoms with E-state index < -0.39 is 17.6 Å². The van der Waals surface area contributed by atoms with Crippen molar-refractivity contribution in [2.75, 3.05) is 38.0 Å². The van der Waals surface area contributed by atoms with E-state index in [0.717, 1.165) is 11.0 Å². The Hall–Kier alpha value is -2.81. The first-order valence-electron chi connectivity index (χ1n) is 8.47. The van der Waals surface area contributed by atoms with Crippen LogP contribution in [0.4, 0.5) is 18.9 Å². The van der Waals surface area contributed by atoms with Gasteiger partial charge in [0, 0.05) is 0 Å². The topological polar surface area (TPSA) is 67.0 Å². The summed E-state index contributed by atoms with van der Waals surface area (Å²) in [5.41, 5.74) is -1.12. The molecule has 3 rings (SSSR count). The van der Waals surface area contributed by atoms with Crippen molar-refractivity contribution in [3.8, 4) is 0 Å². The Kier molecular flexibility index (Phi) is 5.50. The number of para-hydroxylation sites is 1. The Labute approximate surface area is 153 Å². The third kappa shape index (κ3) is 4.68. The van der Waals surface area contributed by atoms with Gasteiger partial charge in [-0.15, -0.1) is 0 Å². The Morgan fingerprint density at radius 2 is 1.81 bits per heavy atom. The van der Waals surface area contributed by atoms with Crippen LogP contribution in [0.5, 0.6) is 0 Å². The van der Waals surface area contributed by atoms with Gasteiger partial charge in [-0.05, 0) is 24.3 Å². The maximum absolute atomic E-state index is 13.0. The second-order valence-electron chi connectivity index (χ2n) is 6.29. The van der Waals surface area contributed by atoms with E-state index in [9.17, 15) is 22.8 Å². The molecule has 0 bridgehead atoms. The van der Waals surface area contributed by atoms with Gasteiger partial charge < -0.3 is 19.5 Å². The zero-order chi connectivity index (χ0) is 19.4. The van der Waals surface area contributed by atoms with Crippen LogP contribution >= 0.6 is 0 Å². The number of benzene rings is 1. The van der Waals surface area contributed by atoms with E-state index in [4.69, 9.17) is 4.42 Å². The van der Waals surface area contributed by atoms with Crippen LogP contribution < -0.4 is 10.2 Å². The minimum Gasteiger partial charge on any atom is -0.459 e. The smallest absolute Gasteiger partial charge is 0.418 e. The van der Waals surface area contributed by atoms with Gasteiger partial charge in [-0.25, -0.2) is 0 Å². The maximum atomic E-state index is 13.0. The Bertz CT molecular complexity index is 798. The average Bonchev–Trinajstić information content (AvgIpc) is 3.16. The van der Waals surface area contributed by atoms with Crippen molar-refractivity contribution in [2.45, 2.75) is 6.18 Å². The summed E-state index contributed by atoms with van der Waals surface area (Å²) in [5, 5.41) is 2.35. The molecule has 0 atom stereocenters. The number of nitrogens with zero attached hydrogens (tertiary/aromatic N) is 1. The number of hydrogen-bond donors (Lipinski definition) is 2. The fourth-order valence-corrected chi connectivity index (χ4v) is 3.02. The Balaban J connectivity index is 1.53. The maximum Gasteiger partial charge on any atom is 0.418 e. The molecule has 0 radical (unpaired) electrons. The molecule has 1 aliphatic heterocycles. The van der Waals surface area contributed by atoms with Gasteiger partial charge in [-0.2, -0.15) is 13.2 Å². The van der Waals surface area contributed by atoms with Crippen LogP contribution in [0.15, 0.2) is 47.1 Å². The lowest BCUT2D eigenvalue weighted by Gasteiger charge is -2.31. The Morgan fingerprint density at radius 3 is 2.44 bits per heavy atom. The highest BCUT2D eigenvalue weighted by Crippen LogP contribution is 2.34. The second-order valence-corrected chi connectivity index (χ2v) is 6.29. The first-order valence-corrected chi connectivity index (χ1v) is 8.47. The monoisotopic (exact) mass is 382 g/mol. The molecule has 2 heterocycles. The van der Waals surface area contributed by atoms with Crippen molar-refractivity contribution >= 4 is 17.5 Å². The van der Waals surface area contributed by atoms with Gasteiger partial charge in [0.2, 0.25) is 0 Å². The number of amides is 2. The zero-order valence-electron chi connectivity index (χ0n) is 14.4. The number of nitrogens with one attached hydrogen (secondary N) is 2. The van der Waals surface area contributed by atoms with Crippen molar-refractivity contribution in [1.82, 2.24) is 4.90 Å². The molecule has 2 N–H and O–H groups in total. The molecule has 0 aliphatic carbocycles. The van der Waals surface area contributed by atoms with Crippen molar-refractivity contribution < 1.29 is 32.1 Å². The van der Waals surface area contributed by atoms with Crippen LogP contribution in [-0.2, 0) is 11.0 Å². The molecule has 1 fully saturated rings. The molecule has 1 saturated heterocycles. The molecular formula is C18H19F3N3O3+. The second kappa shape index (κ2) is 7.83. The normalized spacial score (nSPS) is 15.6. The highest BCUT2D eigenvalue weighted by molar-refractivity contribution is 5.92. The first kappa shape index (κ1) is 19.0. The highest BCUT2D eigenvalue weighted by Gasteiger charge is 2.34. The van der Waals surface area contributed by atoms with Gasteiger partial charge >= 0.3 is 6.18 Å². The fourth-order valence-electron chi connectivity index (χ4n) is 3.02. The Morgan fingerprint density at radius 1 is 1.11 bits per heavy atom. The molecule has 144 valence electrons. The third-order valence-electron chi connectivity index (χ3n) is 4.41. The molecule has 1 aromatic carbocycles. The minimum absolute atomic E-state index is 0.0367. The van der Waals surface area contributed by atoms with Gasteiger partial charge in [0.1, 0.15) is 0 Å². The molecule has 9 heteroatoms. The molecule has 27 heavy (non-hydrogen) atoms. The molecule has 2 amide bonds. The van der Waals surface area contributed by atoms with Crippen LogP contribution in [0.25, 0.3) is 0 Å². The summed E-state index contributed by atoms with van der Waals surface area (Å²) >= 11 is 0. The zero-order valence-corrected chi connectivity index (χ0v) is 14.4. The van der Waals surface area contributed by atoms with Crippen LogP contribution in [0.2, 0.25) is 0 Å². The summed E-state index contributed by atoms with van der Waals surface area (Å²) in [6, 6.07) is 8.11. The number of furan rings is 1. The molecule has 0 saturated carbocycles. The van der Waals surface area contributed by atoms with Gasteiger partial charge in [-0.1, -0.05) is 12.1 Å². The first-order chi connectivity index (χ1) is 12.8. The number of anilines is 1. The van der Waals surface area contributed by atoms with E-state index in [1.165, 1.54) is 24.5 Å². The van der Waals surface area contributed by atoms with Crippen molar-refractivity contribution in [3.05, 3.63) is 54.0 Å². The van der Waals surface area contributed by atoms with E-state index in [-0.39, 0.29) is 23.9 Å². The van der Waals surface area contributed by atoms with Crippen molar-refractivity contribution in [2.24, 2.45) is 0 Å². The highest BCUT2D eigenvalue weighted by atomic mass is 19.4. The summed E-state index contributed by atoms with van der Waals surface area (Å²) in [7, 11) is 0.